The lowest BCUT2D eigenvalue weighted by atomic mass is 10.0. The molecule has 0 saturated heterocycles. The van der Waals surface area contributed by atoms with Crippen molar-refractivity contribution in [1.82, 2.24) is 9.97 Å². The van der Waals surface area contributed by atoms with E-state index >= 15 is 0 Å². The van der Waals surface area contributed by atoms with E-state index in [1.165, 1.54) is 25.3 Å². The van der Waals surface area contributed by atoms with E-state index in [1.807, 2.05) is 0 Å². The number of hydrogen-bond acceptors (Lipinski definition) is 7. The molecule has 1 aliphatic rings. The molecule has 0 spiro atoms. The minimum Gasteiger partial charge on any atom is -0.497 e. The molecule has 30 heavy (non-hydrogen) atoms. The monoisotopic (exact) mass is 418 g/mol. The molecule has 10 heteroatoms. The van der Waals surface area contributed by atoms with Gasteiger partial charge < -0.3 is 25.3 Å². The SMILES string of the molecule is COc1cccc(Nc2nc(N)nc(-c3ccc4c(c3)OCCO4)c2C(F)(F)F)c1. The highest BCUT2D eigenvalue weighted by molar-refractivity contribution is 5.75. The number of rotatable bonds is 4. The van der Waals surface area contributed by atoms with Crippen LogP contribution in [0, 0.1) is 0 Å². The summed E-state index contributed by atoms with van der Waals surface area (Å²) < 4.78 is 58.2. The maximum Gasteiger partial charge on any atom is 0.422 e. The molecule has 0 aliphatic carbocycles. The third-order valence-electron chi connectivity index (χ3n) is 4.36. The molecule has 0 radical (unpaired) electrons. The van der Waals surface area contributed by atoms with Crippen molar-refractivity contribution < 1.29 is 27.4 Å². The summed E-state index contributed by atoms with van der Waals surface area (Å²) in [6, 6.07) is 10.9. The van der Waals surface area contributed by atoms with E-state index in [4.69, 9.17) is 19.9 Å². The predicted octanol–water partition coefficient (Wildman–Crippen LogP) is 4.27. The summed E-state index contributed by atoms with van der Waals surface area (Å²) in [6.45, 7) is 0.673. The van der Waals surface area contributed by atoms with Gasteiger partial charge in [0.15, 0.2) is 11.5 Å². The number of fused-ring (bicyclic) bond motifs is 1. The Balaban J connectivity index is 1.85. The number of methoxy groups -OCH3 is 1. The van der Waals surface area contributed by atoms with Gasteiger partial charge in [0, 0.05) is 17.3 Å². The summed E-state index contributed by atoms with van der Waals surface area (Å²) in [5.74, 6) is 0.496. The summed E-state index contributed by atoms with van der Waals surface area (Å²) in [7, 11) is 1.46. The third-order valence-corrected chi connectivity index (χ3v) is 4.36. The van der Waals surface area contributed by atoms with Crippen LogP contribution in [0.15, 0.2) is 42.5 Å². The first-order valence-electron chi connectivity index (χ1n) is 8.91. The number of alkyl halides is 3. The predicted molar refractivity (Wildman–Crippen MR) is 104 cm³/mol. The van der Waals surface area contributed by atoms with Gasteiger partial charge >= 0.3 is 6.18 Å². The number of anilines is 3. The van der Waals surface area contributed by atoms with E-state index in [9.17, 15) is 13.2 Å². The first kappa shape index (κ1) is 19.6. The van der Waals surface area contributed by atoms with Crippen LogP contribution in [0.1, 0.15) is 5.56 Å². The number of nitrogens with zero attached hydrogens (tertiary/aromatic N) is 2. The maximum atomic E-state index is 14.1. The standard InChI is InChI=1S/C20H17F3N4O3/c1-28-13-4-2-3-12(10-13)25-18-16(20(21,22)23)17(26-19(24)27-18)11-5-6-14-15(9-11)30-8-7-29-14/h2-6,9-10H,7-8H2,1H3,(H3,24,25,26,27). The van der Waals surface area contributed by atoms with Crippen LogP contribution in [0.3, 0.4) is 0 Å². The van der Waals surface area contributed by atoms with E-state index < -0.39 is 17.6 Å². The molecule has 0 amide bonds. The normalized spacial score (nSPS) is 13.1. The number of nitrogens with two attached hydrogens (primary N) is 1. The van der Waals surface area contributed by atoms with Gasteiger partial charge in [0.25, 0.3) is 0 Å². The topological polar surface area (TPSA) is 91.5 Å². The summed E-state index contributed by atoms with van der Waals surface area (Å²) in [6.07, 6.45) is -4.75. The van der Waals surface area contributed by atoms with Crippen molar-refractivity contribution >= 4 is 17.5 Å². The van der Waals surface area contributed by atoms with Crippen molar-refractivity contribution in [2.45, 2.75) is 6.18 Å². The van der Waals surface area contributed by atoms with Gasteiger partial charge in [-0.05, 0) is 30.3 Å². The Hall–Kier alpha value is -3.69. The first-order valence-corrected chi connectivity index (χ1v) is 8.91. The quantitative estimate of drug-likeness (QED) is 0.654. The molecular weight excluding hydrogens is 401 g/mol. The average molecular weight is 418 g/mol. The molecule has 0 atom stereocenters. The molecule has 0 fully saturated rings. The van der Waals surface area contributed by atoms with Gasteiger partial charge in [0.05, 0.1) is 12.8 Å². The zero-order valence-electron chi connectivity index (χ0n) is 15.8. The van der Waals surface area contributed by atoms with Crippen molar-refractivity contribution in [1.29, 1.82) is 0 Å². The first-order chi connectivity index (χ1) is 14.3. The number of nitrogen functional groups attached to an aromatic ring is 1. The zero-order chi connectivity index (χ0) is 21.3. The molecule has 2 aromatic carbocycles. The average Bonchev–Trinajstić information content (AvgIpc) is 2.72. The summed E-state index contributed by atoms with van der Waals surface area (Å²) >= 11 is 0. The number of benzene rings is 2. The number of hydrogen-bond donors (Lipinski definition) is 2. The second-order valence-corrected chi connectivity index (χ2v) is 6.37. The summed E-state index contributed by atoms with van der Waals surface area (Å²) in [4.78, 5) is 7.68. The molecule has 2 heterocycles. The highest BCUT2D eigenvalue weighted by atomic mass is 19.4. The molecule has 156 valence electrons. The van der Waals surface area contributed by atoms with Crippen molar-refractivity contribution in [3.63, 3.8) is 0 Å². The number of halogens is 3. The molecule has 1 aromatic heterocycles. The van der Waals surface area contributed by atoms with E-state index in [0.29, 0.717) is 36.1 Å². The number of aromatic nitrogens is 2. The lowest BCUT2D eigenvalue weighted by molar-refractivity contribution is -0.136. The lowest BCUT2D eigenvalue weighted by Gasteiger charge is -2.21. The van der Waals surface area contributed by atoms with Crippen LogP contribution >= 0.6 is 0 Å². The third kappa shape index (κ3) is 3.88. The van der Waals surface area contributed by atoms with Gasteiger partial charge in [-0.15, -0.1) is 0 Å². The Morgan fingerprint density at radius 2 is 1.80 bits per heavy atom. The molecule has 0 saturated carbocycles. The second-order valence-electron chi connectivity index (χ2n) is 6.37. The van der Waals surface area contributed by atoms with E-state index in [2.05, 4.69) is 15.3 Å². The zero-order valence-corrected chi connectivity index (χ0v) is 15.8. The highest BCUT2D eigenvalue weighted by Crippen LogP contribution is 2.43. The van der Waals surface area contributed by atoms with Crippen LogP contribution in [0.25, 0.3) is 11.3 Å². The fourth-order valence-corrected chi connectivity index (χ4v) is 3.07. The smallest absolute Gasteiger partial charge is 0.422 e. The Labute approximate surface area is 169 Å². The molecule has 4 rings (SSSR count). The lowest BCUT2D eigenvalue weighted by Crippen LogP contribution is -2.17. The highest BCUT2D eigenvalue weighted by Gasteiger charge is 2.39. The van der Waals surface area contributed by atoms with Crippen molar-refractivity contribution in [2.75, 3.05) is 31.4 Å². The van der Waals surface area contributed by atoms with Crippen LogP contribution in [0.2, 0.25) is 0 Å². The van der Waals surface area contributed by atoms with E-state index in [-0.39, 0.29) is 17.2 Å². The number of nitrogens with one attached hydrogen (secondary N) is 1. The fraction of sp³-hybridized carbons (Fsp3) is 0.200. The van der Waals surface area contributed by atoms with Crippen molar-refractivity contribution in [3.05, 3.63) is 48.0 Å². The Morgan fingerprint density at radius 1 is 1.03 bits per heavy atom. The van der Waals surface area contributed by atoms with Crippen LogP contribution < -0.4 is 25.3 Å². The molecule has 3 N–H and O–H groups in total. The van der Waals surface area contributed by atoms with E-state index in [0.717, 1.165) is 0 Å². The molecule has 1 aliphatic heterocycles. The Bertz CT molecular complexity index is 1090. The van der Waals surface area contributed by atoms with Crippen LogP contribution in [0.5, 0.6) is 17.2 Å². The maximum absolute atomic E-state index is 14.1. The van der Waals surface area contributed by atoms with Gasteiger partial charge in [-0.1, -0.05) is 6.07 Å². The molecule has 7 nitrogen and oxygen atoms in total. The fourth-order valence-electron chi connectivity index (χ4n) is 3.07. The summed E-state index contributed by atoms with van der Waals surface area (Å²) in [5.41, 5.74) is 4.87. The second kappa shape index (κ2) is 7.62. The van der Waals surface area contributed by atoms with Gasteiger partial charge in [-0.25, -0.2) is 4.98 Å². The molecule has 0 bridgehead atoms. The van der Waals surface area contributed by atoms with Crippen molar-refractivity contribution in [3.8, 4) is 28.5 Å². The van der Waals surface area contributed by atoms with Gasteiger partial charge in [-0.2, -0.15) is 18.2 Å². The largest absolute Gasteiger partial charge is 0.497 e. The molecular formula is C20H17F3N4O3. The molecule has 3 aromatic rings. The Morgan fingerprint density at radius 3 is 2.53 bits per heavy atom. The minimum absolute atomic E-state index is 0.175. The van der Waals surface area contributed by atoms with Crippen LogP contribution in [0.4, 0.5) is 30.6 Å². The van der Waals surface area contributed by atoms with Gasteiger partial charge in [0.2, 0.25) is 5.95 Å². The number of ether oxygens (including phenoxy) is 3. The van der Waals surface area contributed by atoms with Crippen molar-refractivity contribution in [2.24, 2.45) is 0 Å². The Kier molecular flexibility index (Phi) is 4.98. The van der Waals surface area contributed by atoms with Crippen LogP contribution in [-0.2, 0) is 6.18 Å². The summed E-state index contributed by atoms with van der Waals surface area (Å²) in [5, 5.41) is 2.68. The van der Waals surface area contributed by atoms with E-state index in [1.54, 1.807) is 24.3 Å². The van der Waals surface area contributed by atoms with Gasteiger partial charge in [0.1, 0.15) is 30.3 Å². The van der Waals surface area contributed by atoms with Crippen LogP contribution in [-0.4, -0.2) is 30.3 Å². The molecule has 0 unspecified atom stereocenters. The van der Waals surface area contributed by atoms with Gasteiger partial charge in [-0.3, -0.25) is 0 Å². The minimum atomic E-state index is -4.75.